The first-order chi connectivity index (χ1) is 7.16. The van der Waals surface area contributed by atoms with Crippen molar-refractivity contribution in [3.8, 4) is 0 Å². The molecule has 0 fully saturated rings. The van der Waals surface area contributed by atoms with Crippen LogP contribution in [0.1, 0.15) is 17.9 Å². The molecular weight excluding hydrogens is 192 g/mol. The van der Waals surface area contributed by atoms with Crippen molar-refractivity contribution in [3.05, 3.63) is 41.5 Å². The lowest BCUT2D eigenvalue weighted by Crippen LogP contribution is -1.99. The summed E-state index contributed by atoms with van der Waals surface area (Å²) in [6.07, 6.45) is 5.53. The molecule has 15 heavy (non-hydrogen) atoms. The van der Waals surface area contributed by atoms with E-state index < -0.39 is 5.97 Å². The summed E-state index contributed by atoms with van der Waals surface area (Å²) in [6, 6.07) is 1.79. The number of carboxylic acids is 1. The molecule has 0 atom stereocenters. The van der Waals surface area contributed by atoms with Gasteiger partial charge < -0.3 is 5.11 Å². The Morgan fingerprint density at radius 2 is 2.27 bits per heavy atom. The summed E-state index contributed by atoms with van der Waals surface area (Å²) in [4.78, 5) is 18.9. The van der Waals surface area contributed by atoms with Gasteiger partial charge in [0.15, 0.2) is 0 Å². The lowest BCUT2D eigenvalue weighted by molar-refractivity contribution is -0.132. The molecule has 0 saturated carbocycles. The minimum absolute atomic E-state index is 0.404. The smallest absolute Gasteiger partial charge is 0.331 e. The summed E-state index contributed by atoms with van der Waals surface area (Å²) in [7, 11) is 0. The van der Waals surface area contributed by atoms with Crippen LogP contribution in [0.5, 0.6) is 0 Å². The standard InChI is InChI=1S/C11H10N2O2/c1-7-12-5-4-10(13-7)8-2-3-9(6-8)11(14)15/h2-5H,6H2,1H3,(H,14,15). The zero-order valence-corrected chi connectivity index (χ0v) is 8.27. The van der Waals surface area contributed by atoms with Crippen LogP contribution < -0.4 is 0 Å². The monoisotopic (exact) mass is 202 g/mol. The normalized spacial score (nSPS) is 14.7. The van der Waals surface area contributed by atoms with Gasteiger partial charge in [-0.05, 0) is 18.6 Å². The van der Waals surface area contributed by atoms with Gasteiger partial charge in [-0.2, -0.15) is 0 Å². The van der Waals surface area contributed by atoms with Crippen LogP contribution in [0.2, 0.25) is 0 Å². The van der Waals surface area contributed by atoms with E-state index in [0.717, 1.165) is 11.3 Å². The highest BCUT2D eigenvalue weighted by molar-refractivity contribution is 5.93. The van der Waals surface area contributed by atoms with E-state index in [1.807, 2.05) is 6.92 Å². The molecule has 0 unspecified atom stereocenters. The predicted octanol–water partition coefficient (Wildman–Crippen LogP) is 1.58. The molecule has 0 amide bonds. The third-order valence-corrected chi connectivity index (χ3v) is 2.25. The van der Waals surface area contributed by atoms with Crippen LogP contribution >= 0.6 is 0 Å². The van der Waals surface area contributed by atoms with Gasteiger partial charge in [-0.25, -0.2) is 14.8 Å². The van der Waals surface area contributed by atoms with Crippen molar-refractivity contribution < 1.29 is 9.90 Å². The maximum atomic E-state index is 10.7. The number of carboxylic acid groups (broad SMARTS) is 1. The molecule has 0 aromatic carbocycles. The Bertz CT molecular complexity index is 475. The van der Waals surface area contributed by atoms with Gasteiger partial charge in [0.1, 0.15) is 5.82 Å². The Morgan fingerprint density at radius 1 is 1.47 bits per heavy atom. The SMILES string of the molecule is Cc1nccc(C2=CC=C(C(=O)O)C2)n1. The zero-order valence-electron chi connectivity index (χ0n) is 8.27. The first kappa shape index (κ1) is 9.58. The molecular formula is C11H10N2O2. The predicted molar refractivity (Wildman–Crippen MR) is 55.1 cm³/mol. The Morgan fingerprint density at radius 3 is 2.87 bits per heavy atom. The molecule has 0 radical (unpaired) electrons. The molecule has 1 N–H and O–H groups in total. The lowest BCUT2D eigenvalue weighted by Gasteiger charge is -2.02. The zero-order chi connectivity index (χ0) is 10.8. The number of nitrogens with zero attached hydrogens (tertiary/aromatic N) is 2. The number of aliphatic carboxylic acids is 1. The van der Waals surface area contributed by atoms with Crippen molar-refractivity contribution in [3.63, 3.8) is 0 Å². The van der Waals surface area contributed by atoms with Crippen molar-refractivity contribution in [1.29, 1.82) is 0 Å². The highest BCUT2D eigenvalue weighted by atomic mass is 16.4. The molecule has 1 heterocycles. The number of rotatable bonds is 2. The molecule has 0 spiro atoms. The van der Waals surface area contributed by atoms with Crippen LogP contribution in [0, 0.1) is 6.92 Å². The van der Waals surface area contributed by atoms with E-state index in [0.29, 0.717) is 17.8 Å². The highest BCUT2D eigenvalue weighted by Crippen LogP contribution is 2.26. The van der Waals surface area contributed by atoms with Gasteiger partial charge in [-0.15, -0.1) is 0 Å². The highest BCUT2D eigenvalue weighted by Gasteiger charge is 2.16. The topological polar surface area (TPSA) is 63.1 Å². The first-order valence-electron chi connectivity index (χ1n) is 4.60. The van der Waals surface area contributed by atoms with Crippen molar-refractivity contribution in [2.75, 3.05) is 0 Å². The Balaban J connectivity index is 2.21. The maximum Gasteiger partial charge on any atom is 0.331 e. The largest absolute Gasteiger partial charge is 0.478 e. The van der Waals surface area contributed by atoms with E-state index >= 15 is 0 Å². The summed E-state index contributed by atoms with van der Waals surface area (Å²) in [6.45, 7) is 1.81. The molecule has 0 saturated heterocycles. The van der Waals surface area contributed by atoms with Crippen molar-refractivity contribution >= 4 is 11.5 Å². The van der Waals surface area contributed by atoms with Gasteiger partial charge in [-0.3, -0.25) is 0 Å². The molecule has 1 aromatic rings. The molecule has 0 aliphatic heterocycles. The first-order valence-corrected chi connectivity index (χ1v) is 4.60. The molecule has 76 valence electrons. The third kappa shape index (κ3) is 1.93. The Labute approximate surface area is 87.0 Å². The van der Waals surface area contributed by atoms with E-state index in [1.165, 1.54) is 0 Å². The van der Waals surface area contributed by atoms with Crippen LogP contribution in [0.25, 0.3) is 5.57 Å². The third-order valence-electron chi connectivity index (χ3n) is 2.25. The average Bonchev–Trinajstić information content (AvgIpc) is 2.66. The molecule has 0 bridgehead atoms. The van der Waals surface area contributed by atoms with Crippen LogP contribution in [0.3, 0.4) is 0 Å². The number of aryl methyl sites for hydroxylation is 1. The van der Waals surface area contributed by atoms with E-state index in [9.17, 15) is 4.79 Å². The fourth-order valence-electron chi connectivity index (χ4n) is 1.48. The molecule has 1 aromatic heterocycles. The van der Waals surface area contributed by atoms with Gasteiger partial charge in [0.05, 0.1) is 5.69 Å². The molecule has 1 aliphatic carbocycles. The van der Waals surface area contributed by atoms with Crippen LogP contribution in [-0.2, 0) is 4.79 Å². The lowest BCUT2D eigenvalue weighted by atomic mass is 10.1. The summed E-state index contributed by atoms with van der Waals surface area (Å²) >= 11 is 0. The van der Waals surface area contributed by atoms with Crippen LogP contribution in [0.15, 0.2) is 30.0 Å². The minimum Gasteiger partial charge on any atom is -0.478 e. The fourth-order valence-corrected chi connectivity index (χ4v) is 1.48. The Hall–Kier alpha value is -1.97. The van der Waals surface area contributed by atoms with Crippen molar-refractivity contribution in [2.45, 2.75) is 13.3 Å². The molecule has 4 heteroatoms. The fraction of sp³-hybridized carbons (Fsp3) is 0.182. The Kier molecular flexibility index (Phi) is 2.33. The summed E-state index contributed by atoms with van der Waals surface area (Å²) in [5.74, 6) is -0.177. The second-order valence-electron chi connectivity index (χ2n) is 3.35. The van der Waals surface area contributed by atoms with Gasteiger partial charge in [0.2, 0.25) is 0 Å². The molecule has 2 rings (SSSR count). The summed E-state index contributed by atoms with van der Waals surface area (Å²) < 4.78 is 0. The minimum atomic E-state index is -0.868. The maximum absolute atomic E-state index is 10.7. The van der Waals surface area contributed by atoms with E-state index in [4.69, 9.17) is 5.11 Å². The average molecular weight is 202 g/mol. The van der Waals surface area contributed by atoms with E-state index in [2.05, 4.69) is 9.97 Å². The van der Waals surface area contributed by atoms with Gasteiger partial charge in [0, 0.05) is 18.2 Å². The van der Waals surface area contributed by atoms with Gasteiger partial charge in [0.25, 0.3) is 0 Å². The number of allylic oxidation sites excluding steroid dienone is 3. The number of hydrogen-bond acceptors (Lipinski definition) is 3. The second kappa shape index (κ2) is 3.65. The quantitative estimate of drug-likeness (QED) is 0.790. The number of aromatic nitrogens is 2. The number of hydrogen-bond donors (Lipinski definition) is 1. The van der Waals surface area contributed by atoms with Gasteiger partial charge in [-0.1, -0.05) is 12.2 Å². The van der Waals surface area contributed by atoms with Crippen molar-refractivity contribution in [2.24, 2.45) is 0 Å². The van der Waals surface area contributed by atoms with Gasteiger partial charge >= 0.3 is 5.97 Å². The number of carbonyl (C=O) groups is 1. The van der Waals surface area contributed by atoms with E-state index in [-0.39, 0.29) is 0 Å². The van der Waals surface area contributed by atoms with Crippen LogP contribution in [-0.4, -0.2) is 21.0 Å². The summed E-state index contributed by atoms with van der Waals surface area (Å²) in [5.41, 5.74) is 2.13. The van der Waals surface area contributed by atoms with E-state index in [1.54, 1.807) is 24.4 Å². The molecule has 4 nitrogen and oxygen atoms in total. The summed E-state index contributed by atoms with van der Waals surface area (Å²) in [5, 5.41) is 8.80. The molecule has 1 aliphatic rings. The van der Waals surface area contributed by atoms with Crippen molar-refractivity contribution in [1.82, 2.24) is 9.97 Å². The second-order valence-corrected chi connectivity index (χ2v) is 3.35. The van der Waals surface area contributed by atoms with Crippen LogP contribution in [0.4, 0.5) is 0 Å².